The molecule has 1 unspecified atom stereocenters. The second-order valence-corrected chi connectivity index (χ2v) is 7.46. The highest BCUT2D eigenvalue weighted by molar-refractivity contribution is 5.79. The Morgan fingerprint density at radius 3 is 2.77 bits per heavy atom. The first-order valence-corrected chi connectivity index (χ1v) is 9.71. The van der Waals surface area contributed by atoms with Gasteiger partial charge in [0.2, 0.25) is 11.8 Å². The van der Waals surface area contributed by atoms with Crippen molar-refractivity contribution in [2.45, 2.75) is 57.4 Å². The molecule has 0 radical (unpaired) electrons. The van der Waals surface area contributed by atoms with E-state index in [0.29, 0.717) is 23.6 Å². The fourth-order valence-corrected chi connectivity index (χ4v) is 4.26. The molecule has 1 saturated heterocycles. The first-order chi connectivity index (χ1) is 12.7. The molecule has 0 N–H and O–H groups in total. The predicted molar refractivity (Wildman–Crippen MR) is 96.0 cm³/mol. The number of carbonyl (C=O) groups is 1. The van der Waals surface area contributed by atoms with Gasteiger partial charge in [0.05, 0.1) is 6.20 Å². The number of likely N-dealkylation sites (tertiary alicyclic amines) is 1. The Bertz CT molecular complexity index is 767. The molecule has 138 valence electrons. The molecule has 1 aliphatic carbocycles. The van der Waals surface area contributed by atoms with Gasteiger partial charge in [0.15, 0.2) is 0 Å². The standard InChI is InChI=1S/C21H25FN2O2/c22-18-10-5-4-9-16(18)13-17-14-23-20(26-17)19-11-6-12-24(19)21(25)15-7-2-1-3-8-15/h4-5,9-10,14-15,19H,1-3,6-8,11-13H2. The minimum absolute atomic E-state index is 0.0706. The predicted octanol–water partition coefficient (Wildman–Crippen LogP) is 4.65. The molecule has 0 spiro atoms. The van der Waals surface area contributed by atoms with Gasteiger partial charge in [-0.3, -0.25) is 4.79 Å². The SMILES string of the molecule is O=C(C1CCCCC1)N1CCCC1c1ncc(Cc2ccccc2F)o1. The Kier molecular flexibility index (Phi) is 5.05. The molecular weight excluding hydrogens is 331 g/mol. The normalized spacial score (nSPS) is 21.3. The van der Waals surface area contributed by atoms with Gasteiger partial charge in [0.25, 0.3) is 0 Å². The van der Waals surface area contributed by atoms with Crippen molar-refractivity contribution in [1.29, 1.82) is 0 Å². The van der Waals surface area contributed by atoms with E-state index in [9.17, 15) is 9.18 Å². The third kappa shape index (κ3) is 3.53. The van der Waals surface area contributed by atoms with Crippen LogP contribution in [0.4, 0.5) is 4.39 Å². The van der Waals surface area contributed by atoms with Crippen molar-refractivity contribution >= 4 is 5.91 Å². The van der Waals surface area contributed by atoms with Crippen LogP contribution >= 0.6 is 0 Å². The van der Waals surface area contributed by atoms with Crippen LogP contribution in [0.3, 0.4) is 0 Å². The van der Waals surface area contributed by atoms with Gasteiger partial charge in [-0.05, 0) is 37.3 Å². The number of aromatic nitrogens is 1. The highest BCUT2D eigenvalue weighted by Crippen LogP contribution is 2.35. The smallest absolute Gasteiger partial charge is 0.226 e. The first-order valence-electron chi connectivity index (χ1n) is 9.71. The summed E-state index contributed by atoms with van der Waals surface area (Å²) in [5.74, 6) is 1.43. The van der Waals surface area contributed by atoms with Crippen LogP contribution in [-0.2, 0) is 11.2 Å². The van der Waals surface area contributed by atoms with E-state index in [1.807, 2.05) is 11.0 Å². The lowest BCUT2D eigenvalue weighted by atomic mass is 9.88. The zero-order chi connectivity index (χ0) is 17.9. The molecule has 4 nitrogen and oxygen atoms in total. The lowest BCUT2D eigenvalue weighted by Gasteiger charge is -2.29. The van der Waals surface area contributed by atoms with Crippen molar-refractivity contribution in [3.8, 4) is 0 Å². The maximum Gasteiger partial charge on any atom is 0.226 e. The fourth-order valence-electron chi connectivity index (χ4n) is 4.26. The van der Waals surface area contributed by atoms with Crippen molar-refractivity contribution in [3.05, 3.63) is 53.5 Å². The number of benzene rings is 1. The van der Waals surface area contributed by atoms with E-state index in [2.05, 4.69) is 4.98 Å². The summed E-state index contributed by atoms with van der Waals surface area (Å²) in [6.07, 6.45) is 9.48. The lowest BCUT2D eigenvalue weighted by Crippen LogP contribution is -2.36. The molecule has 26 heavy (non-hydrogen) atoms. The van der Waals surface area contributed by atoms with Crippen molar-refractivity contribution in [3.63, 3.8) is 0 Å². The number of nitrogens with zero attached hydrogens (tertiary/aromatic N) is 2. The molecule has 5 heteroatoms. The molecule has 1 aromatic carbocycles. The summed E-state index contributed by atoms with van der Waals surface area (Å²) in [6, 6.07) is 6.63. The van der Waals surface area contributed by atoms with Gasteiger partial charge in [0, 0.05) is 18.9 Å². The van der Waals surface area contributed by atoms with Gasteiger partial charge >= 0.3 is 0 Å². The fraction of sp³-hybridized carbons (Fsp3) is 0.524. The first kappa shape index (κ1) is 17.3. The molecule has 2 aliphatic rings. The number of carbonyl (C=O) groups excluding carboxylic acids is 1. The largest absolute Gasteiger partial charge is 0.443 e. The third-order valence-corrected chi connectivity index (χ3v) is 5.67. The van der Waals surface area contributed by atoms with Crippen molar-refractivity contribution in [1.82, 2.24) is 9.88 Å². The molecule has 4 rings (SSSR count). The Labute approximate surface area is 153 Å². The van der Waals surface area contributed by atoms with Gasteiger partial charge in [-0.15, -0.1) is 0 Å². The molecule has 1 atom stereocenters. The van der Waals surface area contributed by atoms with Gasteiger partial charge < -0.3 is 9.32 Å². The Morgan fingerprint density at radius 1 is 1.15 bits per heavy atom. The number of halogens is 1. The summed E-state index contributed by atoms with van der Waals surface area (Å²) >= 11 is 0. The van der Waals surface area contributed by atoms with E-state index < -0.39 is 0 Å². The molecule has 1 amide bonds. The van der Waals surface area contributed by atoms with E-state index in [-0.39, 0.29) is 23.7 Å². The minimum Gasteiger partial charge on any atom is -0.443 e. The van der Waals surface area contributed by atoms with Crippen LogP contribution in [0.2, 0.25) is 0 Å². The van der Waals surface area contributed by atoms with E-state index in [0.717, 1.165) is 45.1 Å². The molecule has 1 saturated carbocycles. The maximum atomic E-state index is 13.8. The van der Waals surface area contributed by atoms with Crippen molar-refractivity contribution in [2.75, 3.05) is 6.54 Å². The lowest BCUT2D eigenvalue weighted by molar-refractivity contribution is -0.138. The Hall–Kier alpha value is -2.17. The summed E-state index contributed by atoms with van der Waals surface area (Å²) in [7, 11) is 0. The van der Waals surface area contributed by atoms with E-state index in [1.165, 1.54) is 12.5 Å². The second-order valence-electron chi connectivity index (χ2n) is 7.46. The van der Waals surface area contributed by atoms with Gasteiger partial charge in [-0.25, -0.2) is 9.37 Å². The summed E-state index contributed by atoms with van der Waals surface area (Å²) in [5.41, 5.74) is 0.594. The number of hydrogen-bond acceptors (Lipinski definition) is 3. The Balaban J connectivity index is 1.47. The summed E-state index contributed by atoms with van der Waals surface area (Å²) < 4.78 is 19.8. The van der Waals surface area contributed by atoms with E-state index in [4.69, 9.17) is 4.42 Å². The number of amides is 1. The highest BCUT2D eigenvalue weighted by Gasteiger charge is 2.36. The molecule has 2 fully saturated rings. The van der Waals surface area contributed by atoms with Crippen LogP contribution in [0.5, 0.6) is 0 Å². The number of oxazole rings is 1. The van der Waals surface area contributed by atoms with E-state index >= 15 is 0 Å². The Morgan fingerprint density at radius 2 is 1.96 bits per heavy atom. The second kappa shape index (κ2) is 7.60. The monoisotopic (exact) mass is 356 g/mol. The molecule has 1 aromatic heterocycles. The molecule has 2 heterocycles. The van der Waals surface area contributed by atoms with Gasteiger partial charge in [0.1, 0.15) is 17.6 Å². The zero-order valence-corrected chi connectivity index (χ0v) is 15.0. The number of rotatable bonds is 4. The van der Waals surface area contributed by atoms with Crippen LogP contribution in [0.1, 0.15) is 68.2 Å². The van der Waals surface area contributed by atoms with Crippen molar-refractivity contribution < 1.29 is 13.6 Å². The number of hydrogen-bond donors (Lipinski definition) is 0. The van der Waals surface area contributed by atoms with Crippen LogP contribution in [0.15, 0.2) is 34.9 Å². The summed E-state index contributed by atoms with van der Waals surface area (Å²) in [4.78, 5) is 19.3. The van der Waals surface area contributed by atoms with Crippen LogP contribution in [0.25, 0.3) is 0 Å². The van der Waals surface area contributed by atoms with E-state index in [1.54, 1.807) is 18.3 Å². The zero-order valence-electron chi connectivity index (χ0n) is 15.0. The quantitative estimate of drug-likeness (QED) is 0.801. The average molecular weight is 356 g/mol. The topological polar surface area (TPSA) is 46.3 Å². The summed E-state index contributed by atoms with van der Waals surface area (Å²) in [6.45, 7) is 0.783. The molecule has 0 bridgehead atoms. The van der Waals surface area contributed by atoms with Crippen molar-refractivity contribution in [2.24, 2.45) is 5.92 Å². The maximum absolute atomic E-state index is 13.8. The van der Waals surface area contributed by atoms with Crippen LogP contribution < -0.4 is 0 Å². The molecule has 1 aliphatic heterocycles. The highest BCUT2D eigenvalue weighted by atomic mass is 19.1. The minimum atomic E-state index is -0.236. The van der Waals surface area contributed by atoms with Gasteiger partial charge in [-0.1, -0.05) is 37.5 Å². The molecule has 2 aromatic rings. The molecular formula is C21H25FN2O2. The van der Waals surface area contributed by atoms with Crippen LogP contribution in [0, 0.1) is 11.7 Å². The third-order valence-electron chi connectivity index (χ3n) is 5.67. The van der Waals surface area contributed by atoms with Gasteiger partial charge in [-0.2, -0.15) is 0 Å². The average Bonchev–Trinajstić information content (AvgIpc) is 3.33. The van der Waals surface area contributed by atoms with Crippen LogP contribution in [-0.4, -0.2) is 22.3 Å². The summed E-state index contributed by atoms with van der Waals surface area (Å²) in [5, 5.41) is 0.